The van der Waals surface area contributed by atoms with Crippen LogP contribution in [0.4, 0.5) is 10.2 Å². The van der Waals surface area contributed by atoms with Crippen LogP contribution in [-0.4, -0.2) is 33.8 Å². The van der Waals surface area contributed by atoms with Crippen LogP contribution < -0.4 is 26.7 Å². The SMILES string of the molecule is O=C(CNc1n[nH]c(=O)[nH]c1=O)N/N=C/c1ccc(OCc2ccccc2F)cc1. The quantitative estimate of drug-likeness (QED) is 0.318. The predicted molar refractivity (Wildman–Crippen MR) is 107 cm³/mol. The zero-order valence-corrected chi connectivity index (χ0v) is 15.5. The number of halogens is 1. The minimum Gasteiger partial charge on any atom is -0.489 e. The van der Waals surface area contributed by atoms with Crippen LogP contribution >= 0.6 is 0 Å². The number of hydrazone groups is 1. The Balaban J connectivity index is 1.45. The van der Waals surface area contributed by atoms with Crippen molar-refractivity contribution in [1.29, 1.82) is 0 Å². The minimum absolute atomic E-state index is 0.107. The number of hydrogen-bond donors (Lipinski definition) is 4. The molecule has 30 heavy (non-hydrogen) atoms. The van der Waals surface area contributed by atoms with E-state index < -0.39 is 17.2 Å². The molecule has 1 aromatic heterocycles. The van der Waals surface area contributed by atoms with Crippen LogP contribution in [0.1, 0.15) is 11.1 Å². The normalized spacial score (nSPS) is 10.7. The summed E-state index contributed by atoms with van der Waals surface area (Å²) in [5, 5.41) is 11.8. The van der Waals surface area contributed by atoms with Crippen molar-refractivity contribution in [3.63, 3.8) is 0 Å². The summed E-state index contributed by atoms with van der Waals surface area (Å²) in [6.45, 7) is -0.168. The number of carbonyl (C=O) groups is 1. The van der Waals surface area contributed by atoms with E-state index in [1.165, 1.54) is 12.3 Å². The van der Waals surface area contributed by atoms with Gasteiger partial charge in [0, 0.05) is 5.56 Å². The number of hydrogen-bond acceptors (Lipinski definition) is 7. The van der Waals surface area contributed by atoms with E-state index in [0.29, 0.717) is 16.9 Å². The number of benzene rings is 2. The lowest BCUT2D eigenvalue weighted by molar-refractivity contribution is -0.119. The second-order valence-electron chi connectivity index (χ2n) is 5.95. The molecule has 0 unspecified atom stereocenters. The van der Waals surface area contributed by atoms with Gasteiger partial charge in [-0.15, -0.1) is 5.10 Å². The minimum atomic E-state index is -0.747. The molecule has 0 atom stereocenters. The van der Waals surface area contributed by atoms with E-state index in [4.69, 9.17) is 4.74 Å². The second kappa shape index (κ2) is 9.78. The Labute approximate surface area is 168 Å². The van der Waals surface area contributed by atoms with Gasteiger partial charge in [-0.3, -0.25) is 14.6 Å². The molecule has 1 amide bonds. The molecule has 1 heterocycles. The van der Waals surface area contributed by atoms with Gasteiger partial charge in [-0.25, -0.2) is 19.7 Å². The molecular formula is C19H17FN6O4. The van der Waals surface area contributed by atoms with Crippen molar-refractivity contribution in [2.24, 2.45) is 5.10 Å². The molecule has 10 nitrogen and oxygen atoms in total. The lowest BCUT2D eigenvalue weighted by Crippen LogP contribution is -2.31. The smallest absolute Gasteiger partial charge is 0.342 e. The number of nitrogens with one attached hydrogen (secondary N) is 4. The van der Waals surface area contributed by atoms with Crippen LogP contribution in [0.15, 0.2) is 63.2 Å². The Morgan fingerprint density at radius 2 is 1.93 bits per heavy atom. The first-order valence-electron chi connectivity index (χ1n) is 8.72. The first-order valence-corrected chi connectivity index (χ1v) is 8.72. The van der Waals surface area contributed by atoms with E-state index in [1.807, 2.05) is 10.1 Å². The number of ether oxygens (including phenoxy) is 1. The number of carbonyl (C=O) groups excluding carboxylic acids is 1. The van der Waals surface area contributed by atoms with Crippen LogP contribution in [-0.2, 0) is 11.4 Å². The molecule has 3 rings (SSSR count). The van der Waals surface area contributed by atoms with Crippen molar-refractivity contribution in [1.82, 2.24) is 20.6 Å². The number of anilines is 1. The van der Waals surface area contributed by atoms with Gasteiger partial charge in [-0.05, 0) is 35.9 Å². The van der Waals surface area contributed by atoms with Gasteiger partial charge in [0.25, 0.3) is 11.5 Å². The summed E-state index contributed by atoms with van der Waals surface area (Å²) in [5.74, 6) is -0.488. The Kier molecular flexibility index (Phi) is 6.66. The Bertz CT molecular complexity index is 1160. The lowest BCUT2D eigenvalue weighted by Gasteiger charge is -2.07. The Morgan fingerprint density at radius 1 is 1.17 bits per heavy atom. The molecule has 0 fully saturated rings. The number of H-pyrrole nitrogens is 2. The summed E-state index contributed by atoms with van der Waals surface area (Å²) in [6, 6.07) is 13.2. The third-order valence-corrected chi connectivity index (χ3v) is 3.76. The highest BCUT2D eigenvalue weighted by atomic mass is 19.1. The predicted octanol–water partition coefficient (Wildman–Crippen LogP) is 0.739. The summed E-state index contributed by atoms with van der Waals surface area (Å²) in [5.41, 5.74) is 1.94. The maximum absolute atomic E-state index is 13.6. The van der Waals surface area contributed by atoms with Gasteiger partial charge in [0.2, 0.25) is 5.82 Å². The molecule has 0 saturated heterocycles. The van der Waals surface area contributed by atoms with Gasteiger partial charge in [0.15, 0.2) is 0 Å². The number of aromatic nitrogens is 3. The fourth-order valence-electron chi connectivity index (χ4n) is 2.28. The molecule has 0 saturated carbocycles. The van der Waals surface area contributed by atoms with Crippen LogP contribution in [0.25, 0.3) is 0 Å². The standard InChI is InChI=1S/C19H17FN6O4/c20-15-4-2-1-3-13(15)11-30-14-7-5-12(6-8-14)9-22-24-16(27)10-21-17-18(28)23-19(29)26-25-17/h1-9H,10-11H2,(H,21,25)(H,24,27)(H2,23,26,28,29)/b22-9+. The van der Waals surface area contributed by atoms with E-state index in [2.05, 4.69) is 20.9 Å². The van der Waals surface area contributed by atoms with Gasteiger partial charge < -0.3 is 10.1 Å². The van der Waals surface area contributed by atoms with Crippen LogP contribution in [0.3, 0.4) is 0 Å². The fourth-order valence-corrected chi connectivity index (χ4v) is 2.28. The Hall–Kier alpha value is -4.28. The van der Waals surface area contributed by atoms with Gasteiger partial charge in [-0.2, -0.15) is 5.10 Å². The zero-order chi connectivity index (χ0) is 21.3. The molecule has 0 aliphatic rings. The molecule has 2 aromatic carbocycles. The van der Waals surface area contributed by atoms with Gasteiger partial charge >= 0.3 is 5.69 Å². The maximum Gasteiger partial charge on any atom is 0.342 e. The third kappa shape index (κ3) is 5.86. The maximum atomic E-state index is 13.6. The number of amides is 1. The fraction of sp³-hybridized carbons (Fsp3) is 0.105. The summed E-state index contributed by atoms with van der Waals surface area (Å²) in [7, 11) is 0. The summed E-state index contributed by atoms with van der Waals surface area (Å²) < 4.78 is 19.1. The summed E-state index contributed by atoms with van der Waals surface area (Å²) in [4.78, 5) is 36.0. The third-order valence-electron chi connectivity index (χ3n) is 3.76. The topological polar surface area (TPSA) is 141 Å². The van der Waals surface area contributed by atoms with Gasteiger partial charge in [-0.1, -0.05) is 18.2 Å². The first kappa shape index (κ1) is 20.5. The number of aromatic amines is 2. The highest BCUT2D eigenvalue weighted by Gasteiger charge is 2.05. The first-order chi connectivity index (χ1) is 14.5. The number of rotatable bonds is 8. The van der Waals surface area contributed by atoms with Crippen molar-refractivity contribution in [2.45, 2.75) is 6.61 Å². The second-order valence-corrected chi connectivity index (χ2v) is 5.95. The van der Waals surface area contributed by atoms with Crippen LogP contribution in [0.2, 0.25) is 0 Å². The van der Waals surface area contributed by atoms with E-state index >= 15 is 0 Å². The largest absolute Gasteiger partial charge is 0.489 e. The van der Waals surface area contributed by atoms with E-state index in [0.717, 1.165) is 0 Å². The highest BCUT2D eigenvalue weighted by molar-refractivity contribution is 5.84. The molecule has 4 N–H and O–H groups in total. The highest BCUT2D eigenvalue weighted by Crippen LogP contribution is 2.15. The average molecular weight is 412 g/mol. The summed E-state index contributed by atoms with van der Waals surface area (Å²) >= 11 is 0. The average Bonchev–Trinajstić information content (AvgIpc) is 2.73. The summed E-state index contributed by atoms with van der Waals surface area (Å²) in [6.07, 6.45) is 1.42. The van der Waals surface area contributed by atoms with Gasteiger partial charge in [0.1, 0.15) is 18.2 Å². The van der Waals surface area contributed by atoms with E-state index in [-0.39, 0.29) is 24.8 Å². The van der Waals surface area contributed by atoms with Crippen molar-refractivity contribution >= 4 is 17.9 Å². The molecular weight excluding hydrogens is 395 g/mol. The van der Waals surface area contributed by atoms with Crippen molar-refractivity contribution in [3.05, 3.63) is 86.3 Å². The van der Waals surface area contributed by atoms with E-state index in [9.17, 15) is 18.8 Å². The van der Waals surface area contributed by atoms with Crippen molar-refractivity contribution < 1.29 is 13.9 Å². The van der Waals surface area contributed by atoms with Crippen molar-refractivity contribution in [3.8, 4) is 5.75 Å². The molecule has 3 aromatic rings. The Morgan fingerprint density at radius 3 is 2.67 bits per heavy atom. The number of nitrogens with zero attached hydrogens (tertiary/aromatic N) is 2. The molecule has 0 spiro atoms. The van der Waals surface area contributed by atoms with Gasteiger partial charge in [0.05, 0.1) is 12.8 Å². The van der Waals surface area contributed by atoms with Crippen LogP contribution in [0, 0.1) is 5.82 Å². The lowest BCUT2D eigenvalue weighted by atomic mass is 10.2. The molecule has 11 heteroatoms. The van der Waals surface area contributed by atoms with Crippen LogP contribution in [0.5, 0.6) is 5.75 Å². The molecule has 154 valence electrons. The van der Waals surface area contributed by atoms with E-state index in [1.54, 1.807) is 42.5 Å². The zero-order valence-electron chi connectivity index (χ0n) is 15.5. The molecule has 0 aliphatic carbocycles. The van der Waals surface area contributed by atoms with Crippen molar-refractivity contribution in [2.75, 3.05) is 11.9 Å². The molecule has 0 radical (unpaired) electrons. The molecule has 0 aliphatic heterocycles. The molecule has 0 bridgehead atoms. The monoisotopic (exact) mass is 412 g/mol.